The number of rotatable bonds is 2. The molecule has 0 aromatic carbocycles. The number of nitrogens with one attached hydrogen (secondary N) is 1. The van der Waals surface area contributed by atoms with Crippen molar-refractivity contribution < 1.29 is 4.74 Å². The monoisotopic (exact) mass is 213 g/mol. The summed E-state index contributed by atoms with van der Waals surface area (Å²) in [6.07, 6.45) is 5.46. The predicted molar refractivity (Wildman–Crippen MR) is 53.6 cm³/mol. The number of ether oxygens (including phenoxy) is 1. The molecule has 1 fully saturated rings. The van der Waals surface area contributed by atoms with Crippen molar-refractivity contribution in [2.45, 2.75) is 18.9 Å². The van der Waals surface area contributed by atoms with Crippen LogP contribution in [-0.4, -0.2) is 29.2 Å². The van der Waals surface area contributed by atoms with E-state index in [1.54, 1.807) is 6.20 Å². The maximum absolute atomic E-state index is 5.69. The van der Waals surface area contributed by atoms with Gasteiger partial charge in [-0.05, 0) is 19.4 Å². The quantitative estimate of drug-likeness (QED) is 0.804. The second kappa shape index (κ2) is 4.57. The van der Waals surface area contributed by atoms with Gasteiger partial charge >= 0.3 is 0 Å². The summed E-state index contributed by atoms with van der Waals surface area (Å²) in [5, 5.41) is 3.63. The number of hydrogen-bond donors (Lipinski definition) is 1. The minimum absolute atomic E-state index is 0.191. The fourth-order valence-electron chi connectivity index (χ4n) is 1.47. The molecule has 5 heteroatoms. The van der Waals surface area contributed by atoms with E-state index in [2.05, 4.69) is 15.3 Å². The average molecular weight is 214 g/mol. The van der Waals surface area contributed by atoms with Crippen molar-refractivity contribution in [2.75, 3.05) is 13.1 Å². The van der Waals surface area contributed by atoms with Gasteiger partial charge in [0.15, 0.2) is 5.15 Å². The van der Waals surface area contributed by atoms with Gasteiger partial charge in [-0.25, -0.2) is 0 Å². The van der Waals surface area contributed by atoms with E-state index in [9.17, 15) is 0 Å². The van der Waals surface area contributed by atoms with Gasteiger partial charge < -0.3 is 10.1 Å². The molecule has 1 aliphatic rings. The number of piperidine rings is 1. The molecule has 2 rings (SSSR count). The molecular weight excluding hydrogens is 202 g/mol. The lowest BCUT2D eigenvalue weighted by Gasteiger charge is -2.23. The first-order chi connectivity index (χ1) is 6.84. The van der Waals surface area contributed by atoms with Crippen LogP contribution in [0.3, 0.4) is 0 Å². The zero-order chi connectivity index (χ0) is 9.80. The summed E-state index contributed by atoms with van der Waals surface area (Å²) < 4.78 is 5.62. The third-order valence-electron chi connectivity index (χ3n) is 2.12. The van der Waals surface area contributed by atoms with Crippen LogP contribution in [0.25, 0.3) is 0 Å². The first-order valence-electron chi connectivity index (χ1n) is 4.69. The first-order valence-corrected chi connectivity index (χ1v) is 5.07. The Morgan fingerprint density at radius 3 is 3.14 bits per heavy atom. The molecule has 1 aliphatic heterocycles. The van der Waals surface area contributed by atoms with Crippen LogP contribution in [0.4, 0.5) is 0 Å². The van der Waals surface area contributed by atoms with Gasteiger partial charge in [0.05, 0.1) is 12.4 Å². The lowest BCUT2D eigenvalue weighted by molar-refractivity contribution is 0.160. The molecule has 1 atom stereocenters. The summed E-state index contributed by atoms with van der Waals surface area (Å²) in [5.74, 6) is 0.506. The summed E-state index contributed by atoms with van der Waals surface area (Å²) in [6, 6.07) is 0. The van der Waals surface area contributed by atoms with E-state index in [1.165, 1.54) is 6.20 Å². The number of hydrogen-bond acceptors (Lipinski definition) is 4. The van der Waals surface area contributed by atoms with Crippen LogP contribution < -0.4 is 10.1 Å². The predicted octanol–water partition coefficient (Wildman–Crippen LogP) is 1.26. The lowest BCUT2D eigenvalue weighted by atomic mass is 10.1. The SMILES string of the molecule is Clc1cncc(O[C@H]2CCCNC2)n1. The highest BCUT2D eigenvalue weighted by Gasteiger charge is 2.14. The fraction of sp³-hybridized carbons (Fsp3) is 0.556. The van der Waals surface area contributed by atoms with E-state index < -0.39 is 0 Å². The molecule has 0 unspecified atom stereocenters. The highest BCUT2D eigenvalue weighted by molar-refractivity contribution is 6.29. The topological polar surface area (TPSA) is 47.0 Å². The Labute approximate surface area is 87.7 Å². The molecule has 0 bridgehead atoms. The molecule has 0 amide bonds. The Bertz CT molecular complexity index is 302. The van der Waals surface area contributed by atoms with Crippen molar-refractivity contribution in [3.05, 3.63) is 17.5 Å². The molecule has 2 heterocycles. The van der Waals surface area contributed by atoms with Crippen molar-refractivity contribution >= 4 is 11.6 Å². The van der Waals surface area contributed by atoms with Gasteiger partial charge in [-0.2, -0.15) is 4.98 Å². The number of aromatic nitrogens is 2. The number of halogens is 1. The molecule has 1 aromatic heterocycles. The standard InChI is InChI=1S/C9H12ClN3O/c10-8-5-12-6-9(13-8)14-7-2-1-3-11-4-7/h5-7,11H,1-4H2/t7-/m0/s1. The van der Waals surface area contributed by atoms with E-state index in [-0.39, 0.29) is 6.10 Å². The zero-order valence-electron chi connectivity index (χ0n) is 7.74. The van der Waals surface area contributed by atoms with Crippen molar-refractivity contribution in [1.82, 2.24) is 15.3 Å². The van der Waals surface area contributed by atoms with Crippen LogP contribution in [0.5, 0.6) is 5.88 Å². The first kappa shape index (κ1) is 9.68. The van der Waals surface area contributed by atoms with E-state index in [1.807, 2.05) is 0 Å². The lowest BCUT2D eigenvalue weighted by Crippen LogP contribution is -2.37. The molecule has 0 aliphatic carbocycles. The maximum atomic E-state index is 5.69. The normalized spacial score (nSPS) is 21.9. The molecule has 0 saturated carbocycles. The van der Waals surface area contributed by atoms with Gasteiger partial charge in [-0.1, -0.05) is 11.6 Å². The van der Waals surface area contributed by atoms with E-state index >= 15 is 0 Å². The third-order valence-corrected chi connectivity index (χ3v) is 2.30. The number of nitrogens with zero attached hydrogens (tertiary/aromatic N) is 2. The molecular formula is C9H12ClN3O. The molecule has 76 valence electrons. The second-order valence-corrected chi connectivity index (χ2v) is 3.65. The van der Waals surface area contributed by atoms with E-state index in [4.69, 9.17) is 16.3 Å². The Kier molecular flexibility index (Phi) is 3.16. The van der Waals surface area contributed by atoms with Crippen molar-refractivity contribution in [3.8, 4) is 5.88 Å². The smallest absolute Gasteiger partial charge is 0.234 e. The van der Waals surface area contributed by atoms with Gasteiger partial charge in [0.1, 0.15) is 6.10 Å². The summed E-state index contributed by atoms with van der Waals surface area (Å²) >= 11 is 5.69. The van der Waals surface area contributed by atoms with Gasteiger partial charge in [-0.3, -0.25) is 4.98 Å². The Hall–Kier alpha value is -0.870. The summed E-state index contributed by atoms with van der Waals surface area (Å²) in [7, 11) is 0. The molecule has 4 nitrogen and oxygen atoms in total. The third kappa shape index (κ3) is 2.56. The molecule has 0 spiro atoms. The van der Waals surface area contributed by atoms with Crippen molar-refractivity contribution in [2.24, 2.45) is 0 Å². The van der Waals surface area contributed by atoms with Crippen LogP contribution in [0.1, 0.15) is 12.8 Å². The van der Waals surface area contributed by atoms with Gasteiger partial charge in [0, 0.05) is 6.54 Å². The molecule has 14 heavy (non-hydrogen) atoms. The molecule has 1 aromatic rings. The largest absolute Gasteiger partial charge is 0.472 e. The fourth-order valence-corrected chi connectivity index (χ4v) is 1.61. The Morgan fingerprint density at radius 1 is 1.50 bits per heavy atom. The molecule has 1 N–H and O–H groups in total. The summed E-state index contributed by atoms with van der Waals surface area (Å²) in [5.41, 5.74) is 0. The average Bonchev–Trinajstić information content (AvgIpc) is 2.19. The minimum atomic E-state index is 0.191. The minimum Gasteiger partial charge on any atom is -0.472 e. The van der Waals surface area contributed by atoms with Gasteiger partial charge in [-0.15, -0.1) is 0 Å². The van der Waals surface area contributed by atoms with Crippen LogP contribution >= 0.6 is 11.6 Å². The molecule has 0 radical (unpaired) electrons. The Balaban J connectivity index is 1.95. The summed E-state index contributed by atoms with van der Waals surface area (Å²) in [6.45, 7) is 1.94. The van der Waals surface area contributed by atoms with Crippen LogP contribution in [0.15, 0.2) is 12.4 Å². The van der Waals surface area contributed by atoms with Crippen LogP contribution in [0.2, 0.25) is 5.15 Å². The Morgan fingerprint density at radius 2 is 2.43 bits per heavy atom. The van der Waals surface area contributed by atoms with Crippen LogP contribution in [-0.2, 0) is 0 Å². The highest BCUT2D eigenvalue weighted by atomic mass is 35.5. The zero-order valence-corrected chi connectivity index (χ0v) is 8.50. The van der Waals surface area contributed by atoms with Crippen LogP contribution in [0, 0.1) is 0 Å². The van der Waals surface area contributed by atoms with E-state index in [0.717, 1.165) is 25.9 Å². The van der Waals surface area contributed by atoms with Gasteiger partial charge in [0.25, 0.3) is 0 Å². The summed E-state index contributed by atoms with van der Waals surface area (Å²) in [4.78, 5) is 7.93. The van der Waals surface area contributed by atoms with Gasteiger partial charge in [0.2, 0.25) is 5.88 Å². The highest BCUT2D eigenvalue weighted by Crippen LogP contribution is 2.13. The van der Waals surface area contributed by atoms with E-state index in [0.29, 0.717) is 11.0 Å². The van der Waals surface area contributed by atoms with Crippen molar-refractivity contribution in [3.63, 3.8) is 0 Å². The molecule has 1 saturated heterocycles. The second-order valence-electron chi connectivity index (χ2n) is 3.27. The maximum Gasteiger partial charge on any atom is 0.234 e. The van der Waals surface area contributed by atoms with Crippen molar-refractivity contribution in [1.29, 1.82) is 0 Å².